The van der Waals surface area contributed by atoms with Gasteiger partial charge in [-0.05, 0) is 32.4 Å². The highest BCUT2D eigenvalue weighted by Gasteiger charge is 2.26. The van der Waals surface area contributed by atoms with Crippen LogP contribution in [0.25, 0.3) is 0 Å². The SMILES string of the molecule is COc1cc(C[C@H](NC(=O)OC(C)(C)C)C(=O)OCC#N)cnc1C#N. The summed E-state index contributed by atoms with van der Waals surface area (Å²) >= 11 is 0. The normalized spacial score (nSPS) is 11.5. The second kappa shape index (κ2) is 9.23. The molecule has 26 heavy (non-hydrogen) atoms. The molecule has 0 spiro atoms. The highest BCUT2D eigenvalue weighted by atomic mass is 16.6. The number of nitrogens with one attached hydrogen (secondary N) is 1. The summed E-state index contributed by atoms with van der Waals surface area (Å²) in [6, 6.07) is 4.00. The molecule has 0 unspecified atom stereocenters. The maximum Gasteiger partial charge on any atom is 0.408 e. The van der Waals surface area contributed by atoms with Gasteiger partial charge in [-0.3, -0.25) is 0 Å². The van der Waals surface area contributed by atoms with E-state index in [1.54, 1.807) is 26.8 Å². The van der Waals surface area contributed by atoms with Crippen LogP contribution in [-0.4, -0.2) is 42.4 Å². The van der Waals surface area contributed by atoms with Crippen molar-refractivity contribution in [2.45, 2.75) is 38.8 Å². The lowest BCUT2D eigenvalue weighted by Crippen LogP contribution is -2.45. The minimum absolute atomic E-state index is 0.0125. The predicted octanol–water partition coefficient (Wildman–Crippen LogP) is 1.46. The van der Waals surface area contributed by atoms with Gasteiger partial charge in [0.2, 0.25) is 0 Å². The lowest BCUT2D eigenvalue weighted by molar-refractivity contribution is -0.144. The molecule has 0 fully saturated rings. The third-order valence-corrected chi connectivity index (χ3v) is 2.93. The second-order valence-corrected chi connectivity index (χ2v) is 6.18. The average Bonchev–Trinajstić information content (AvgIpc) is 2.57. The molecule has 1 aromatic rings. The van der Waals surface area contributed by atoms with Crippen LogP contribution in [0, 0.1) is 22.7 Å². The van der Waals surface area contributed by atoms with Gasteiger partial charge in [-0.2, -0.15) is 10.5 Å². The number of amides is 1. The number of ether oxygens (including phenoxy) is 3. The first kappa shape index (κ1) is 20.7. The van der Waals surface area contributed by atoms with Gasteiger partial charge in [0.05, 0.1) is 7.11 Å². The van der Waals surface area contributed by atoms with E-state index in [-0.39, 0.29) is 17.9 Å². The summed E-state index contributed by atoms with van der Waals surface area (Å²) in [5.41, 5.74) is -0.125. The van der Waals surface area contributed by atoms with Gasteiger partial charge in [0.15, 0.2) is 18.1 Å². The number of hydrogen-bond donors (Lipinski definition) is 1. The summed E-state index contributed by atoms with van der Waals surface area (Å²) in [5.74, 6) is -0.549. The molecule has 1 atom stereocenters. The fourth-order valence-electron chi connectivity index (χ4n) is 1.92. The van der Waals surface area contributed by atoms with Crippen molar-refractivity contribution in [1.82, 2.24) is 10.3 Å². The van der Waals surface area contributed by atoms with Crippen molar-refractivity contribution >= 4 is 12.1 Å². The molecule has 0 bridgehead atoms. The van der Waals surface area contributed by atoms with E-state index in [1.165, 1.54) is 19.4 Å². The van der Waals surface area contributed by atoms with Crippen molar-refractivity contribution in [2.24, 2.45) is 0 Å². The lowest BCUT2D eigenvalue weighted by atomic mass is 10.1. The van der Waals surface area contributed by atoms with Crippen molar-refractivity contribution < 1.29 is 23.8 Å². The Bertz CT molecular complexity index is 743. The summed E-state index contributed by atoms with van der Waals surface area (Å²) in [5, 5.41) is 19.9. The van der Waals surface area contributed by atoms with E-state index in [9.17, 15) is 9.59 Å². The Labute approximate surface area is 151 Å². The van der Waals surface area contributed by atoms with Crippen LogP contribution in [0.15, 0.2) is 12.3 Å². The van der Waals surface area contributed by atoms with Crippen LogP contribution >= 0.6 is 0 Å². The molecular formula is C17H20N4O5. The number of nitrogens with zero attached hydrogens (tertiary/aromatic N) is 3. The Kier molecular flexibility index (Phi) is 7.35. The van der Waals surface area contributed by atoms with Crippen LogP contribution in [-0.2, 0) is 20.7 Å². The number of carbonyl (C=O) groups is 2. The zero-order valence-corrected chi connectivity index (χ0v) is 15.0. The summed E-state index contributed by atoms with van der Waals surface area (Å²) in [6.07, 6.45) is 0.603. The molecule has 1 aromatic heterocycles. The summed E-state index contributed by atoms with van der Waals surface area (Å²) in [7, 11) is 1.39. The first-order chi connectivity index (χ1) is 12.2. The van der Waals surface area contributed by atoms with Gasteiger partial charge in [0, 0.05) is 12.6 Å². The smallest absolute Gasteiger partial charge is 0.408 e. The van der Waals surface area contributed by atoms with Gasteiger partial charge in [-0.1, -0.05) is 0 Å². The van der Waals surface area contributed by atoms with E-state index >= 15 is 0 Å². The van der Waals surface area contributed by atoms with Crippen LogP contribution < -0.4 is 10.1 Å². The largest absolute Gasteiger partial charge is 0.494 e. The number of nitriles is 2. The highest BCUT2D eigenvalue weighted by Crippen LogP contribution is 2.18. The van der Waals surface area contributed by atoms with E-state index in [4.69, 9.17) is 24.7 Å². The number of aromatic nitrogens is 1. The van der Waals surface area contributed by atoms with Crippen molar-refractivity contribution in [2.75, 3.05) is 13.7 Å². The maximum atomic E-state index is 12.1. The topological polar surface area (TPSA) is 134 Å². The molecule has 138 valence electrons. The predicted molar refractivity (Wildman–Crippen MR) is 88.9 cm³/mol. The number of pyridine rings is 1. The molecule has 0 saturated carbocycles. The van der Waals surface area contributed by atoms with Crippen LogP contribution in [0.4, 0.5) is 4.79 Å². The zero-order chi connectivity index (χ0) is 19.7. The van der Waals surface area contributed by atoms with Crippen LogP contribution in [0.3, 0.4) is 0 Å². The average molecular weight is 360 g/mol. The van der Waals surface area contributed by atoms with Gasteiger partial charge < -0.3 is 19.5 Å². The van der Waals surface area contributed by atoms with Gasteiger partial charge in [-0.15, -0.1) is 0 Å². The van der Waals surface area contributed by atoms with Crippen molar-refractivity contribution in [3.63, 3.8) is 0 Å². The van der Waals surface area contributed by atoms with Gasteiger partial charge in [0.1, 0.15) is 23.8 Å². The van der Waals surface area contributed by atoms with Crippen LogP contribution in [0.5, 0.6) is 5.75 Å². The zero-order valence-electron chi connectivity index (χ0n) is 15.0. The fraction of sp³-hybridized carbons (Fsp3) is 0.471. The molecule has 1 rings (SSSR count). The lowest BCUT2D eigenvalue weighted by Gasteiger charge is -2.22. The molecule has 0 aliphatic rings. The number of esters is 1. The summed E-state index contributed by atoms with van der Waals surface area (Å²) < 4.78 is 15.0. The molecule has 9 nitrogen and oxygen atoms in total. The first-order valence-electron chi connectivity index (χ1n) is 7.66. The van der Waals surface area contributed by atoms with Crippen LogP contribution in [0.1, 0.15) is 32.0 Å². The Morgan fingerprint density at radius 2 is 2.04 bits per heavy atom. The maximum absolute atomic E-state index is 12.1. The standard InChI is InChI=1S/C17H20N4O5/c1-17(2,3)26-16(23)21-12(15(22)25-6-5-18)7-11-8-14(24-4)13(9-19)20-10-11/h8,10,12H,6-7H2,1-4H3,(H,21,23)/t12-/m0/s1. The molecule has 0 aromatic carbocycles. The third-order valence-electron chi connectivity index (χ3n) is 2.93. The van der Waals surface area contributed by atoms with Gasteiger partial charge in [0.25, 0.3) is 0 Å². The third kappa shape index (κ3) is 6.65. The molecular weight excluding hydrogens is 340 g/mol. The van der Waals surface area contributed by atoms with Crippen molar-refractivity contribution in [1.29, 1.82) is 10.5 Å². The Balaban J connectivity index is 2.98. The number of alkyl carbamates (subject to hydrolysis) is 1. The molecule has 1 amide bonds. The second-order valence-electron chi connectivity index (χ2n) is 6.18. The quantitative estimate of drug-likeness (QED) is 0.753. The van der Waals surface area contributed by atoms with E-state index in [1.807, 2.05) is 6.07 Å². The number of carbonyl (C=O) groups excluding carboxylic acids is 2. The monoisotopic (exact) mass is 360 g/mol. The minimum atomic E-state index is -1.10. The van der Waals surface area contributed by atoms with E-state index in [0.717, 1.165) is 0 Å². The first-order valence-corrected chi connectivity index (χ1v) is 7.66. The Morgan fingerprint density at radius 1 is 1.35 bits per heavy atom. The number of rotatable bonds is 6. The summed E-state index contributed by atoms with van der Waals surface area (Å²) in [6.45, 7) is 4.61. The molecule has 0 saturated heterocycles. The van der Waals surface area contributed by atoms with Gasteiger partial charge >= 0.3 is 12.1 Å². The Morgan fingerprint density at radius 3 is 2.58 bits per heavy atom. The van der Waals surface area contributed by atoms with Gasteiger partial charge in [-0.25, -0.2) is 14.6 Å². The molecule has 1 heterocycles. The minimum Gasteiger partial charge on any atom is -0.494 e. The molecule has 9 heteroatoms. The van der Waals surface area contributed by atoms with E-state index in [2.05, 4.69) is 10.3 Å². The number of hydrogen-bond acceptors (Lipinski definition) is 8. The summed E-state index contributed by atoms with van der Waals surface area (Å²) in [4.78, 5) is 28.1. The van der Waals surface area contributed by atoms with E-state index < -0.39 is 30.3 Å². The van der Waals surface area contributed by atoms with Crippen molar-refractivity contribution in [3.8, 4) is 17.9 Å². The molecule has 0 aliphatic carbocycles. The molecule has 1 N–H and O–H groups in total. The van der Waals surface area contributed by atoms with Crippen molar-refractivity contribution in [3.05, 3.63) is 23.5 Å². The Hall–Kier alpha value is -3.33. The van der Waals surface area contributed by atoms with E-state index in [0.29, 0.717) is 5.56 Å². The molecule has 0 aliphatic heterocycles. The molecule has 0 radical (unpaired) electrons. The highest BCUT2D eigenvalue weighted by molar-refractivity contribution is 5.81. The van der Waals surface area contributed by atoms with Crippen LogP contribution in [0.2, 0.25) is 0 Å². The fourth-order valence-corrected chi connectivity index (χ4v) is 1.92. The number of methoxy groups -OCH3 is 1.